The van der Waals surface area contributed by atoms with E-state index in [1.54, 1.807) is 0 Å². The van der Waals surface area contributed by atoms with E-state index in [4.69, 9.17) is 9.47 Å². The van der Waals surface area contributed by atoms with Crippen molar-refractivity contribution in [2.75, 3.05) is 19.7 Å². The predicted molar refractivity (Wildman–Crippen MR) is 91.9 cm³/mol. The molecule has 1 fully saturated rings. The second-order valence-electron chi connectivity index (χ2n) is 7.02. The highest BCUT2D eigenvalue weighted by molar-refractivity contribution is 5.20. The van der Waals surface area contributed by atoms with Gasteiger partial charge < -0.3 is 14.0 Å². The minimum atomic E-state index is -0.212. The van der Waals surface area contributed by atoms with Crippen LogP contribution in [0.15, 0.2) is 30.3 Å². The number of benzene rings is 1. The molecule has 2 aromatic rings. The Hall–Kier alpha value is -1.92. The molecule has 0 amide bonds. The second kappa shape index (κ2) is 6.91. The van der Waals surface area contributed by atoms with Gasteiger partial charge in [0.2, 0.25) is 0 Å². The number of para-hydroxylation sites is 1. The summed E-state index contributed by atoms with van der Waals surface area (Å²) in [7, 11) is 2.01. The van der Waals surface area contributed by atoms with Gasteiger partial charge in [-0.1, -0.05) is 18.2 Å². The zero-order valence-electron chi connectivity index (χ0n) is 14.9. The molecule has 0 aliphatic carbocycles. The van der Waals surface area contributed by atoms with Crippen molar-refractivity contribution in [1.82, 2.24) is 19.7 Å². The Bertz CT molecular complexity index is 669. The molecule has 0 unspecified atom stereocenters. The van der Waals surface area contributed by atoms with E-state index in [9.17, 15) is 0 Å². The van der Waals surface area contributed by atoms with Gasteiger partial charge in [-0.25, -0.2) is 0 Å². The molecule has 1 aliphatic heterocycles. The van der Waals surface area contributed by atoms with E-state index in [1.165, 1.54) is 0 Å². The molecule has 1 atom stereocenters. The molecule has 6 heteroatoms. The molecule has 1 saturated heterocycles. The highest BCUT2D eigenvalue weighted by Crippen LogP contribution is 2.23. The normalized spacial score (nSPS) is 20.9. The maximum Gasteiger partial charge on any atom is 0.146 e. The highest BCUT2D eigenvalue weighted by Gasteiger charge is 2.34. The van der Waals surface area contributed by atoms with Crippen molar-refractivity contribution in [3.63, 3.8) is 0 Å². The van der Waals surface area contributed by atoms with E-state index in [0.717, 1.165) is 37.0 Å². The van der Waals surface area contributed by atoms with Crippen LogP contribution in [0.25, 0.3) is 0 Å². The fraction of sp³-hybridized carbons (Fsp3) is 0.556. The number of ether oxygens (including phenoxy) is 2. The zero-order chi connectivity index (χ0) is 17.2. The number of nitrogens with zero attached hydrogens (tertiary/aromatic N) is 4. The summed E-state index contributed by atoms with van der Waals surface area (Å²) in [6, 6.07) is 9.87. The Morgan fingerprint density at radius 3 is 2.67 bits per heavy atom. The third-order valence-electron chi connectivity index (χ3n) is 4.28. The first kappa shape index (κ1) is 16.9. The molecule has 0 bridgehead atoms. The van der Waals surface area contributed by atoms with Gasteiger partial charge in [-0.15, -0.1) is 10.2 Å². The summed E-state index contributed by atoms with van der Waals surface area (Å²) >= 11 is 0. The van der Waals surface area contributed by atoms with E-state index >= 15 is 0 Å². The van der Waals surface area contributed by atoms with Crippen LogP contribution < -0.4 is 4.74 Å². The van der Waals surface area contributed by atoms with Gasteiger partial charge in [0.05, 0.1) is 12.1 Å². The molecule has 130 valence electrons. The monoisotopic (exact) mass is 330 g/mol. The number of rotatable bonds is 5. The molecule has 3 rings (SSSR count). The number of aromatic nitrogens is 3. The minimum absolute atomic E-state index is 0.0308. The lowest BCUT2D eigenvalue weighted by molar-refractivity contribution is -0.148. The largest absolute Gasteiger partial charge is 0.491 e. The summed E-state index contributed by atoms with van der Waals surface area (Å²) in [5.74, 6) is 2.79. The molecule has 0 spiro atoms. The van der Waals surface area contributed by atoms with Crippen molar-refractivity contribution in [2.24, 2.45) is 7.05 Å². The highest BCUT2D eigenvalue weighted by atomic mass is 16.5. The summed E-state index contributed by atoms with van der Waals surface area (Å²) in [5, 5.41) is 8.42. The van der Waals surface area contributed by atoms with Crippen LogP contribution in [0, 0.1) is 6.92 Å². The van der Waals surface area contributed by atoms with Gasteiger partial charge in [-0.05, 0) is 32.9 Å². The average Bonchev–Trinajstić information content (AvgIpc) is 2.85. The summed E-state index contributed by atoms with van der Waals surface area (Å²) in [6.07, 6.45) is 0.0308. The lowest BCUT2D eigenvalue weighted by Gasteiger charge is -2.42. The molecular formula is C18H26N4O2. The van der Waals surface area contributed by atoms with Crippen LogP contribution in [0.1, 0.15) is 25.5 Å². The first-order valence-corrected chi connectivity index (χ1v) is 8.36. The maximum absolute atomic E-state index is 6.19. The van der Waals surface area contributed by atoms with Crippen molar-refractivity contribution in [2.45, 2.75) is 39.0 Å². The van der Waals surface area contributed by atoms with Crippen LogP contribution in [0.2, 0.25) is 0 Å². The standard InChI is InChI=1S/C18H26N4O2/c1-14-19-20-17(21(14)4)11-22-10-16(24-18(2,3)13-22)12-23-15-8-6-5-7-9-15/h5-9,16H,10-13H2,1-4H3/t16-/m0/s1. The van der Waals surface area contributed by atoms with Gasteiger partial charge in [-0.3, -0.25) is 4.90 Å². The molecule has 1 aromatic carbocycles. The molecule has 6 nitrogen and oxygen atoms in total. The van der Waals surface area contributed by atoms with E-state index in [-0.39, 0.29) is 11.7 Å². The van der Waals surface area contributed by atoms with Crippen LogP contribution in [0.4, 0.5) is 0 Å². The summed E-state index contributed by atoms with van der Waals surface area (Å²) < 4.78 is 14.1. The van der Waals surface area contributed by atoms with Crippen LogP contribution >= 0.6 is 0 Å². The van der Waals surface area contributed by atoms with Crippen LogP contribution in [-0.4, -0.2) is 51.1 Å². The summed E-state index contributed by atoms with van der Waals surface area (Å²) in [5.41, 5.74) is -0.212. The van der Waals surface area contributed by atoms with Gasteiger partial charge >= 0.3 is 0 Å². The van der Waals surface area contributed by atoms with Crippen molar-refractivity contribution >= 4 is 0 Å². The van der Waals surface area contributed by atoms with Crippen LogP contribution in [0.5, 0.6) is 5.75 Å². The van der Waals surface area contributed by atoms with E-state index < -0.39 is 0 Å². The lowest BCUT2D eigenvalue weighted by atomic mass is 10.1. The quantitative estimate of drug-likeness (QED) is 0.841. The molecule has 0 radical (unpaired) electrons. The molecular weight excluding hydrogens is 304 g/mol. The van der Waals surface area contributed by atoms with Crippen LogP contribution in [-0.2, 0) is 18.3 Å². The number of morpholine rings is 1. The Balaban J connectivity index is 1.62. The number of hydrogen-bond acceptors (Lipinski definition) is 5. The number of aryl methyl sites for hydroxylation is 1. The summed E-state index contributed by atoms with van der Waals surface area (Å²) in [6.45, 7) is 9.21. The molecule has 1 aliphatic rings. The van der Waals surface area contributed by atoms with Crippen molar-refractivity contribution in [3.8, 4) is 5.75 Å². The van der Waals surface area contributed by atoms with E-state index in [0.29, 0.717) is 6.61 Å². The van der Waals surface area contributed by atoms with Crippen molar-refractivity contribution in [1.29, 1.82) is 0 Å². The fourth-order valence-corrected chi connectivity index (χ4v) is 3.12. The third-order valence-corrected chi connectivity index (χ3v) is 4.28. The Morgan fingerprint density at radius 2 is 2.00 bits per heavy atom. The maximum atomic E-state index is 6.19. The predicted octanol–water partition coefficient (Wildman–Crippen LogP) is 2.18. The van der Waals surface area contributed by atoms with Crippen molar-refractivity contribution < 1.29 is 9.47 Å². The van der Waals surface area contributed by atoms with Crippen LogP contribution in [0.3, 0.4) is 0 Å². The second-order valence-corrected chi connectivity index (χ2v) is 7.02. The Labute approximate surface area is 143 Å². The third kappa shape index (κ3) is 4.13. The lowest BCUT2D eigenvalue weighted by Crippen LogP contribution is -2.54. The van der Waals surface area contributed by atoms with Gasteiger partial charge in [-0.2, -0.15) is 0 Å². The molecule has 1 aromatic heterocycles. The molecule has 2 heterocycles. The molecule has 24 heavy (non-hydrogen) atoms. The Morgan fingerprint density at radius 1 is 1.25 bits per heavy atom. The van der Waals surface area contributed by atoms with E-state index in [1.807, 2.05) is 48.9 Å². The number of hydrogen-bond donors (Lipinski definition) is 0. The zero-order valence-corrected chi connectivity index (χ0v) is 14.9. The first-order chi connectivity index (χ1) is 11.4. The van der Waals surface area contributed by atoms with Gasteiger partial charge in [0.25, 0.3) is 0 Å². The average molecular weight is 330 g/mol. The summed E-state index contributed by atoms with van der Waals surface area (Å²) in [4.78, 5) is 2.37. The Kier molecular flexibility index (Phi) is 4.87. The van der Waals surface area contributed by atoms with Gasteiger partial charge in [0.1, 0.15) is 30.1 Å². The van der Waals surface area contributed by atoms with E-state index in [2.05, 4.69) is 28.9 Å². The van der Waals surface area contributed by atoms with Gasteiger partial charge in [0, 0.05) is 20.1 Å². The SMILES string of the molecule is Cc1nnc(CN2C[C@@H](COc3ccccc3)OC(C)(C)C2)n1C. The smallest absolute Gasteiger partial charge is 0.146 e. The molecule has 0 saturated carbocycles. The minimum Gasteiger partial charge on any atom is -0.491 e. The first-order valence-electron chi connectivity index (χ1n) is 8.36. The van der Waals surface area contributed by atoms with Gasteiger partial charge in [0.15, 0.2) is 0 Å². The molecule has 0 N–H and O–H groups in total. The van der Waals surface area contributed by atoms with Crippen molar-refractivity contribution in [3.05, 3.63) is 42.0 Å². The fourth-order valence-electron chi connectivity index (χ4n) is 3.12. The topological polar surface area (TPSA) is 52.4 Å².